The molecule has 66 valence electrons. The number of hydrogen-bond donors (Lipinski definition) is 1. The van der Waals surface area contributed by atoms with Gasteiger partial charge in [0, 0.05) is 33.3 Å². The van der Waals surface area contributed by atoms with Crippen molar-refractivity contribution in [3.8, 4) is 0 Å². The number of likely N-dealkylation sites (tertiary alicyclic amines) is 1. The van der Waals surface area contributed by atoms with Crippen LogP contribution in [0.5, 0.6) is 0 Å². The van der Waals surface area contributed by atoms with Crippen molar-refractivity contribution in [3.05, 3.63) is 11.8 Å². The van der Waals surface area contributed by atoms with Crippen LogP contribution in [0.3, 0.4) is 0 Å². The highest BCUT2D eigenvalue weighted by Crippen LogP contribution is 2.12. The summed E-state index contributed by atoms with van der Waals surface area (Å²) < 4.78 is 0. The summed E-state index contributed by atoms with van der Waals surface area (Å²) in [6.07, 6.45) is 2.13. The molecule has 1 heterocycles. The lowest BCUT2D eigenvalue weighted by atomic mass is 10.0. The Bertz CT molecular complexity index is 255. The molecule has 1 aliphatic heterocycles. The van der Waals surface area contributed by atoms with Gasteiger partial charge < -0.3 is 10.6 Å². The fourth-order valence-electron chi connectivity index (χ4n) is 1.24. The number of carbonyl (C=O) groups is 1. The third-order valence-electron chi connectivity index (χ3n) is 2.01. The fraction of sp³-hybridized carbons (Fsp3) is 0.500. The molecule has 0 spiro atoms. The maximum atomic E-state index is 11.4. The number of hydrogen-bond acceptors (Lipinski definition) is 3. The number of rotatable bonds is 0. The van der Waals surface area contributed by atoms with Crippen LogP contribution in [0.1, 0.15) is 6.42 Å². The summed E-state index contributed by atoms with van der Waals surface area (Å²) in [5, 5.41) is 0. The summed E-state index contributed by atoms with van der Waals surface area (Å²) in [7, 11) is 3.44. The van der Waals surface area contributed by atoms with Gasteiger partial charge >= 0.3 is 0 Å². The maximum Gasteiger partial charge on any atom is 0.256 e. The minimum absolute atomic E-state index is 0.0376. The third-order valence-corrected chi connectivity index (χ3v) is 2.01. The Hall–Kier alpha value is -1.32. The van der Waals surface area contributed by atoms with Crippen molar-refractivity contribution in [3.63, 3.8) is 0 Å². The van der Waals surface area contributed by atoms with Gasteiger partial charge in [-0.2, -0.15) is 0 Å². The number of nitrogens with zero attached hydrogens (tertiary/aromatic N) is 2. The van der Waals surface area contributed by atoms with Crippen LogP contribution in [-0.2, 0) is 4.79 Å². The van der Waals surface area contributed by atoms with Crippen LogP contribution in [0.25, 0.3) is 0 Å². The van der Waals surface area contributed by atoms with E-state index in [1.54, 1.807) is 19.0 Å². The van der Waals surface area contributed by atoms with Gasteiger partial charge in [-0.3, -0.25) is 9.79 Å². The molecule has 0 saturated carbocycles. The molecule has 1 aliphatic rings. The van der Waals surface area contributed by atoms with E-state index in [2.05, 4.69) is 4.99 Å². The average molecular weight is 167 g/mol. The van der Waals surface area contributed by atoms with Crippen molar-refractivity contribution in [2.24, 2.45) is 10.7 Å². The Morgan fingerprint density at radius 1 is 1.67 bits per heavy atom. The highest BCUT2D eigenvalue weighted by molar-refractivity contribution is 6.22. The molecule has 0 bridgehead atoms. The normalized spacial score (nSPS) is 25.5. The van der Waals surface area contributed by atoms with Gasteiger partial charge in [-0.15, -0.1) is 0 Å². The standard InChI is InChI=1S/C8H13N3O/c1-10-7-3-4-11(2)8(12)6(7)5-9/h5H,3-4,9H2,1-2H3. The van der Waals surface area contributed by atoms with Crippen LogP contribution in [-0.4, -0.2) is 37.2 Å². The van der Waals surface area contributed by atoms with Crippen LogP contribution in [0, 0.1) is 0 Å². The van der Waals surface area contributed by atoms with Gasteiger partial charge in [-0.1, -0.05) is 0 Å². The van der Waals surface area contributed by atoms with E-state index in [0.717, 1.165) is 18.7 Å². The highest BCUT2D eigenvalue weighted by atomic mass is 16.2. The second-order valence-electron chi connectivity index (χ2n) is 2.73. The molecule has 0 aliphatic carbocycles. The number of carbonyl (C=O) groups excluding carboxylic acids is 1. The lowest BCUT2D eigenvalue weighted by Crippen LogP contribution is -2.38. The first-order chi connectivity index (χ1) is 5.70. The molecule has 1 amide bonds. The summed E-state index contributed by atoms with van der Waals surface area (Å²) in [6, 6.07) is 0. The second kappa shape index (κ2) is 3.38. The Morgan fingerprint density at radius 2 is 2.33 bits per heavy atom. The summed E-state index contributed by atoms with van der Waals surface area (Å²) in [4.78, 5) is 17.1. The summed E-state index contributed by atoms with van der Waals surface area (Å²) in [5.41, 5.74) is 6.67. The van der Waals surface area contributed by atoms with Gasteiger partial charge in [0.15, 0.2) is 0 Å². The molecule has 2 N–H and O–H groups in total. The van der Waals surface area contributed by atoms with E-state index in [1.165, 1.54) is 6.20 Å². The molecule has 4 heteroatoms. The molecule has 1 rings (SSSR count). The van der Waals surface area contributed by atoms with Crippen molar-refractivity contribution in [1.82, 2.24) is 4.90 Å². The molecule has 0 aromatic heterocycles. The largest absolute Gasteiger partial charge is 0.404 e. The maximum absolute atomic E-state index is 11.4. The van der Waals surface area contributed by atoms with Crippen molar-refractivity contribution in [2.45, 2.75) is 6.42 Å². The summed E-state index contributed by atoms with van der Waals surface area (Å²) in [6.45, 7) is 0.725. The third kappa shape index (κ3) is 1.32. The van der Waals surface area contributed by atoms with Gasteiger partial charge in [-0.25, -0.2) is 0 Å². The first kappa shape index (κ1) is 8.77. The van der Waals surface area contributed by atoms with E-state index >= 15 is 0 Å². The SMILES string of the molecule is CN=C1CCN(C)C(=O)C1=CN. The lowest BCUT2D eigenvalue weighted by molar-refractivity contribution is -0.125. The Morgan fingerprint density at radius 3 is 2.83 bits per heavy atom. The van der Waals surface area contributed by atoms with E-state index in [4.69, 9.17) is 5.73 Å². The average Bonchev–Trinajstić information content (AvgIpc) is 2.09. The van der Waals surface area contributed by atoms with Gasteiger partial charge in [0.05, 0.1) is 11.3 Å². The molecule has 1 saturated heterocycles. The molecular weight excluding hydrogens is 154 g/mol. The molecule has 0 aromatic carbocycles. The van der Waals surface area contributed by atoms with Crippen LogP contribution in [0.4, 0.5) is 0 Å². The number of amides is 1. The zero-order valence-corrected chi connectivity index (χ0v) is 7.37. The van der Waals surface area contributed by atoms with Crippen LogP contribution < -0.4 is 5.73 Å². The minimum atomic E-state index is -0.0376. The zero-order valence-electron chi connectivity index (χ0n) is 7.37. The van der Waals surface area contributed by atoms with Gasteiger partial charge in [-0.05, 0) is 0 Å². The molecule has 1 fully saturated rings. The Labute approximate surface area is 71.8 Å². The van der Waals surface area contributed by atoms with Crippen LogP contribution in [0.15, 0.2) is 16.8 Å². The quantitative estimate of drug-likeness (QED) is 0.506. The molecule has 0 unspecified atom stereocenters. The molecule has 0 aromatic rings. The van der Waals surface area contributed by atoms with Crippen molar-refractivity contribution >= 4 is 11.6 Å². The number of piperidine rings is 1. The number of aliphatic imine (C=N–C) groups is 1. The van der Waals surface area contributed by atoms with Crippen LogP contribution >= 0.6 is 0 Å². The van der Waals surface area contributed by atoms with Gasteiger partial charge in [0.25, 0.3) is 5.91 Å². The summed E-state index contributed by atoms with van der Waals surface area (Å²) >= 11 is 0. The topological polar surface area (TPSA) is 58.7 Å². The number of likely N-dealkylation sites (N-methyl/N-ethyl adjacent to an activating group) is 1. The van der Waals surface area contributed by atoms with Gasteiger partial charge in [0.2, 0.25) is 0 Å². The minimum Gasteiger partial charge on any atom is -0.404 e. The van der Waals surface area contributed by atoms with E-state index in [9.17, 15) is 4.79 Å². The smallest absolute Gasteiger partial charge is 0.256 e. The van der Waals surface area contributed by atoms with E-state index in [1.807, 2.05) is 0 Å². The Balaban J connectivity index is 2.95. The van der Waals surface area contributed by atoms with Crippen molar-refractivity contribution in [2.75, 3.05) is 20.6 Å². The van der Waals surface area contributed by atoms with E-state index < -0.39 is 0 Å². The predicted molar refractivity (Wildman–Crippen MR) is 47.9 cm³/mol. The lowest BCUT2D eigenvalue weighted by Gasteiger charge is -2.25. The predicted octanol–water partition coefficient (Wildman–Crippen LogP) is -0.238. The molecule has 12 heavy (non-hydrogen) atoms. The van der Waals surface area contributed by atoms with Crippen LogP contribution in [0.2, 0.25) is 0 Å². The van der Waals surface area contributed by atoms with Crippen molar-refractivity contribution < 1.29 is 4.79 Å². The fourth-order valence-corrected chi connectivity index (χ4v) is 1.24. The molecular formula is C8H13N3O. The Kier molecular flexibility index (Phi) is 2.47. The van der Waals surface area contributed by atoms with Crippen molar-refractivity contribution in [1.29, 1.82) is 0 Å². The molecule has 0 atom stereocenters. The zero-order chi connectivity index (χ0) is 9.14. The van der Waals surface area contributed by atoms with Gasteiger partial charge in [0.1, 0.15) is 0 Å². The van der Waals surface area contributed by atoms with E-state index in [0.29, 0.717) is 5.57 Å². The number of nitrogens with two attached hydrogens (primary N) is 1. The molecule has 0 radical (unpaired) electrons. The monoisotopic (exact) mass is 167 g/mol. The summed E-state index contributed by atoms with van der Waals surface area (Å²) in [5.74, 6) is -0.0376. The highest BCUT2D eigenvalue weighted by Gasteiger charge is 2.24. The second-order valence-corrected chi connectivity index (χ2v) is 2.73. The first-order valence-electron chi connectivity index (χ1n) is 3.84. The molecule has 4 nitrogen and oxygen atoms in total. The first-order valence-corrected chi connectivity index (χ1v) is 3.84. The van der Waals surface area contributed by atoms with E-state index in [-0.39, 0.29) is 5.91 Å².